The molecule has 5 nitrogen and oxygen atoms in total. The molecule has 0 bridgehead atoms. The summed E-state index contributed by atoms with van der Waals surface area (Å²) in [5.41, 5.74) is -3.18. The maximum atomic E-state index is 13.0. The second-order valence-electron chi connectivity index (χ2n) is 6.31. The van der Waals surface area contributed by atoms with E-state index < -0.39 is 34.7 Å². The van der Waals surface area contributed by atoms with Gasteiger partial charge in [-0.2, -0.15) is 18.4 Å². The Labute approximate surface area is 157 Å². The Bertz CT molecular complexity index is 927. The van der Waals surface area contributed by atoms with Gasteiger partial charge in [0.15, 0.2) is 0 Å². The number of amides is 2. The molecule has 1 heterocycles. The van der Waals surface area contributed by atoms with Gasteiger partial charge in [-0.3, -0.25) is 9.59 Å². The van der Waals surface area contributed by atoms with Gasteiger partial charge >= 0.3 is 6.18 Å². The number of benzene rings is 1. The molecule has 142 valence electrons. The molecule has 0 aliphatic rings. The predicted molar refractivity (Wildman–Crippen MR) is 95.4 cm³/mol. The number of anilines is 1. The van der Waals surface area contributed by atoms with Gasteiger partial charge in [-0.25, -0.2) is 0 Å². The third-order valence-corrected chi connectivity index (χ3v) is 4.66. The van der Waals surface area contributed by atoms with Crippen molar-refractivity contribution in [2.24, 2.45) is 0 Å². The first kappa shape index (κ1) is 20.5. The highest BCUT2D eigenvalue weighted by Gasteiger charge is 2.35. The molecule has 0 aliphatic heterocycles. The molecular formula is C18H16F3N3O2S. The highest BCUT2D eigenvalue weighted by atomic mass is 32.1. The van der Waals surface area contributed by atoms with Crippen LogP contribution in [0.2, 0.25) is 0 Å². The summed E-state index contributed by atoms with van der Waals surface area (Å²) in [4.78, 5) is 26.0. The Hall–Kier alpha value is -2.86. The molecular weight excluding hydrogens is 379 g/mol. The lowest BCUT2D eigenvalue weighted by Gasteiger charge is -2.25. The van der Waals surface area contributed by atoms with Crippen LogP contribution in [0.1, 0.15) is 39.5 Å². The number of nitriles is 1. The lowest BCUT2D eigenvalue weighted by molar-refractivity contribution is -0.137. The average Bonchev–Trinajstić information content (AvgIpc) is 3.00. The molecule has 1 aromatic heterocycles. The molecule has 2 N–H and O–H groups in total. The molecule has 1 aromatic carbocycles. The Balaban J connectivity index is 2.18. The monoisotopic (exact) mass is 395 g/mol. The standard InChI is InChI=1S/C18H16F3N3O2S/c1-10-4-7-14(27-10)15(25)24-17(2,3)16(26)23-12-6-5-11(9-22)13(8-12)18(19,20)21/h4-8H,1-3H3,(H,23,26)(H,24,25). The second kappa shape index (κ2) is 7.40. The molecule has 0 radical (unpaired) electrons. The van der Waals surface area contributed by atoms with E-state index in [2.05, 4.69) is 10.6 Å². The van der Waals surface area contributed by atoms with Crippen molar-refractivity contribution in [3.05, 3.63) is 51.2 Å². The minimum atomic E-state index is -4.73. The molecule has 0 unspecified atom stereocenters. The zero-order valence-electron chi connectivity index (χ0n) is 14.7. The van der Waals surface area contributed by atoms with Crippen molar-refractivity contribution in [1.29, 1.82) is 5.26 Å². The van der Waals surface area contributed by atoms with E-state index in [9.17, 15) is 22.8 Å². The number of nitrogens with one attached hydrogen (secondary N) is 2. The van der Waals surface area contributed by atoms with Crippen LogP contribution in [0.25, 0.3) is 0 Å². The van der Waals surface area contributed by atoms with E-state index in [0.29, 0.717) is 10.9 Å². The average molecular weight is 395 g/mol. The topological polar surface area (TPSA) is 82.0 Å². The smallest absolute Gasteiger partial charge is 0.337 e. The van der Waals surface area contributed by atoms with Crippen molar-refractivity contribution in [1.82, 2.24) is 5.32 Å². The number of rotatable bonds is 4. The summed E-state index contributed by atoms with van der Waals surface area (Å²) >= 11 is 1.26. The van der Waals surface area contributed by atoms with Crippen LogP contribution in [-0.4, -0.2) is 17.4 Å². The maximum Gasteiger partial charge on any atom is 0.417 e. The molecule has 2 amide bonds. The van der Waals surface area contributed by atoms with Crippen LogP contribution in [0, 0.1) is 18.3 Å². The van der Waals surface area contributed by atoms with Gasteiger partial charge < -0.3 is 10.6 Å². The number of carbonyl (C=O) groups is 2. The Morgan fingerprint density at radius 3 is 2.33 bits per heavy atom. The molecule has 0 spiro atoms. The van der Waals surface area contributed by atoms with Gasteiger partial charge in [-0.1, -0.05) is 0 Å². The van der Waals surface area contributed by atoms with E-state index >= 15 is 0 Å². The number of alkyl halides is 3. The van der Waals surface area contributed by atoms with E-state index in [1.807, 2.05) is 6.92 Å². The van der Waals surface area contributed by atoms with E-state index in [4.69, 9.17) is 5.26 Å². The molecule has 0 saturated carbocycles. The van der Waals surface area contributed by atoms with Crippen molar-refractivity contribution in [3.63, 3.8) is 0 Å². The highest BCUT2D eigenvalue weighted by molar-refractivity contribution is 7.13. The van der Waals surface area contributed by atoms with Crippen molar-refractivity contribution < 1.29 is 22.8 Å². The molecule has 9 heteroatoms. The molecule has 0 atom stereocenters. The summed E-state index contributed by atoms with van der Waals surface area (Å²) < 4.78 is 39.1. The fourth-order valence-electron chi connectivity index (χ4n) is 2.20. The van der Waals surface area contributed by atoms with Crippen LogP contribution in [0.4, 0.5) is 18.9 Å². The van der Waals surface area contributed by atoms with Gasteiger partial charge in [0.1, 0.15) is 5.54 Å². The Kier molecular flexibility index (Phi) is 5.61. The molecule has 27 heavy (non-hydrogen) atoms. The Morgan fingerprint density at radius 1 is 1.15 bits per heavy atom. The summed E-state index contributed by atoms with van der Waals surface area (Å²) in [6, 6.07) is 7.74. The quantitative estimate of drug-likeness (QED) is 0.818. The van der Waals surface area contributed by atoms with Crippen molar-refractivity contribution in [2.75, 3.05) is 5.32 Å². The lowest BCUT2D eigenvalue weighted by atomic mass is 10.0. The van der Waals surface area contributed by atoms with Crippen LogP contribution in [-0.2, 0) is 11.0 Å². The predicted octanol–water partition coefficient (Wildman–Crippen LogP) is 4.09. The molecule has 0 aliphatic carbocycles. The number of nitrogens with zero attached hydrogens (tertiary/aromatic N) is 1. The minimum absolute atomic E-state index is 0.124. The van der Waals surface area contributed by atoms with E-state index in [1.165, 1.54) is 37.3 Å². The first-order valence-electron chi connectivity index (χ1n) is 7.76. The van der Waals surface area contributed by atoms with Crippen LogP contribution < -0.4 is 10.6 Å². The van der Waals surface area contributed by atoms with Crippen molar-refractivity contribution in [2.45, 2.75) is 32.5 Å². The van der Waals surface area contributed by atoms with Crippen LogP contribution in [0.3, 0.4) is 0 Å². The molecule has 0 fully saturated rings. The number of carbonyl (C=O) groups excluding carboxylic acids is 2. The van der Waals surface area contributed by atoms with Crippen LogP contribution in [0.5, 0.6) is 0 Å². The van der Waals surface area contributed by atoms with Crippen LogP contribution in [0.15, 0.2) is 30.3 Å². The first-order chi connectivity index (χ1) is 12.4. The van der Waals surface area contributed by atoms with Crippen molar-refractivity contribution in [3.8, 4) is 6.07 Å². The summed E-state index contributed by atoms with van der Waals surface area (Å²) in [5, 5.41) is 13.7. The van der Waals surface area contributed by atoms with Gasteiger partial charge in [-0.15, -0.1) is 11.3 Å². The number of halogens is 3. The van der Waals surface area contributed by atoms with Gasteiger partial charge in [-0.05, 0) is 51.1 Å². The SMILES string of the molecule is Cc1ccc(C(=O)NC(C)(C)C(=O)Nc2ccc(C#N)c(C(F)(F)F)c2)s1. The van der Waals surface area contributed by atoms with Gasteiger partial charge in [0.05, 0.1) is 22.1 Å². The third kappa shape index (κ3) is 4.86. The molecule has 2 rings (SSSR count). The van der Waals surface area contributed by atoms with E-state index in [1.54, 1.807) is 12.1 Å². The Morgan fingerprint density at radius 2 is 1.81 bits per heavy atom. The number of hydrogen-bond donors (Lipinski definition) is 2. The van der Waals surface area contributed by atoms with E-state index in [0.717, 1.165) is 10.9 Å². The maximum absolute atomic E-state index is 13.0. The highest BCUT2D eigenvalue weighted by Crippen LogP contribution is 2.33. The fourth-order valence-corrected chi connectivity index (χ4v) is 2.96. The third-order valence-electron chi connectivity index (χ3n) is 3.66. The second-order valence-corrected chi connectivity index (χ2v) is 7.60. The van der Waals surface area contributed by atoms with Gasteiger partial charge in [0.25, 0.3) is 5.91 Å². The van der Waals surface area contributed by atoms with Gasteiger partial charge in [0.2, 0.25) is 5.91 Å². The summed E-state index contributed by atoms with van der Waals surface area (Å²) in [7, 11) is 0. The lowest BCUT2D eigenvalue weighted by Crippen LogP contribution is -2.52. The zero-order valence-corrected chi connectivity index (χ0v) is 15.5. The van der Waals surface area contributed by atoms with Gasteiger partial charge in [0, 0.05) is 10.6 Å². The first-order valence-corrected chi connectivity index (χ1v) is 8.57. The number of hydrogen-bond acceptors (Lipinski definition) is 4. The fraction of sp³-hybridized carbons (Fsp3) is 0.278. The number of aryl methyl sites for hydroxylation is 1. The number of thiophene rings is 1. The summed E-state index contributed by atoms with van der Waals surface area (Å²) in [5.74, 6) is -1.15. The molecule has 0 saturated heterocycles. The zero-order chi connectivity index (χ0) is 20.4. The normalized spacial score (nSPS) is 11.6. The minimum Gasteiger partial charge on any atom is -0.337 e. The summed E-state index contributed by atoms with van der Waals surface area (Å²) in [6.45, 7) is 4.71. The van der Waals surface area contributed by atoms with E-state index in [-0.39, 0.29) is 5.69 Å². The largest absolute Gasteiger partial charge is 0.417 e. The van der Waals surface area contributed by atoms with Crippen LogP contribution >= 0.6 is 11.3 Å². The molecule has 2 aromatic rings. The summed E-state index contributed by atoms with van der Waals surface area (Å²) in [6.07, 6.45) is -4.73. The van der Waals surface area contributed by atoms with Crippen molar-refractivity contribution >= 4 is 28.8 Å².